The van der Waals surface area contributed by atoms with Gasteiger partial charge in [0, 0.05) is 21.8 Å². The monoisotopic (exact) mass is 420 g/mol. The number of benzene rings is 3. The van der Waals surface area contributed by atoms with Crippen LogP contribution in [0.4, 0.5) is 5.69 Å². The lowest BCUT2D eigenvalue weighted by Crippen LogP contribution is -2.12. The fourth-order valence-corrected chi connectivity index (χ4v) is 3.04. The van der Waals surface area contributed by atoms with E-state index in [1.165, 1.54) is 0 Å². The number of oxazole rings is 1. The predicted molar refractivity (Wildman–Crippen MR) is 119 cm³/mol. The smallest absolute Gasteiger partial charge is 0.255 e. The molecule has 0 bridgehead atoms. The molecule has 4 aromatic rings. The first-order valence-electron chi connectivity index (χ1n) is 9.69. The van der Waals surface area contributed by atoms with Gasteiger partial charge in [-0.05, 0) is 66.6 Å². The molecule has 0 saturated heterocycles. The van der Waals surface area contributed by atoms with E-state index in [0.29, 0.717) is 51.5 Å². The molecule has 30 heavy (non-hydrogen) atoms. The zero-order valence-electron chi connectivity index (χ0n) is 16.7. The second-order valence-electron chi connectivity index (χ2n) is 7.40. The quantitative estimate of drug-likeness (QED) is 0.390. The van der Waals surface area contributed by atoms with Gasteiger partial charge in [-0.2, -0.15) is 0 Å². The molecule has 1 heterocycles. The average Bonchev–Trinajstić information content (AvgIpc) is 3.16. The summed E-state index contributed by atoms with van der Waals surface area (Å²) < 4.78 is 11.5. The fraction of sp³-hybridized carbons (Fsp3) is 0.167. The Hall–Kier alpha value is -3.31. The van der Waals surface area contributed by atoms with Crippen LogP contribution in [0, 0.1) is 5.92 Å². The largest absolute Gasteiger partial charge is 0.493 e. The number of hydrogen-bond acceptors (Lipinski definition) is 4. The van der Waals surface area contributed by atoms with Gasteiger partial charge in [0.1, 0.15) is 11.3 Å². The van der Waals surface area contributed by atoms with Gasteiger partial charge >= 0.3 is 0 Å². The van der Waals surface area contributed by atoms with E-state index in [4.69, 9.17) is 20.8 Å². The lowest BCUT2D eigenvalue weighted by Gasteiger charge is -2.10. The van der Waals surface area contributed by atoms with Crippen LogP contribution in [0.5, 0.6) is 5.75 Å². The maximum absolute atomic E-state index is 12.7. The summed E-state index contributed by atoms with van der Waals surface area (Å²) >= 11 is 5.94. The third kappa shape index (κ3) is 4.63. The van der Waals surface area contributed by atoms with Crippen LogP contribution in [0.3, 0.4) is 0 Å². The van der Waals surface area contributed by atoms with E-state index < -0.39 is 0 Å². The maximum Gasteiger partial charge on any atom is 0.255 e. The van der Waals surface area contributed by atoms with E-state index >= 15 is 0 Å². The van der Waals surface area contributed by atoms with Gasteiger partial charge in [0.05, 0.1) is 6.61 Å². The van der Waals surface area contributed by atoms with Crippen molar-refractivity contribution in [3.05, 3.63) is 77.3 Å². The Labute approximate surface area is 179 Å². The Kier molecular flexibility index (Phi) is 5.72. The first-order valence-corrected chi connectivity index (χ1v) is 10.1. The van der Waals surface area contributed by atoms with E-state index in [-0.39, 0.29) is 5.91 Å². The van der Waals surface area contributed by atoms with Gasteiger partial charge in [0.15, 0.2) is 5.58 Å². The number of carbonyl (C=O) groups is 1. The van der Waals surface area contributed by atoms with Crippen molar-refractivity contribution in [3.8, 4) is 17.2 Å². The SMILES string of the molecule is CC(C)COc1cccc(C(=O)Nc2ccc3oc(-c4ccc(Cl)cc4)nc3c2)c1. The van der Waals surface area contributed by atoms with E-state index in [1.807, 2.05) is 24.3 Å². The number of nitrogens with one attached hydrogen (secondary N) is 1. The third-order valence-electron chi connectivity index (χ3n) is 4.42. The van der Waals surface area contributed by atoms with Gasteiger partial charge in [-0.3, -0.25) is 4.79 Å². The van der Waals surface area contributed by atoms with Gasteiger partial charge in [0.2, 0.25) is 5.89 Å². The van der Waals surface area contributed by atoms with E-state index in [9.17, 15) is 4.79 Å². The molecule has 0 aliphatic heterocycles. The minimum Gasteiger partial charge on any atom is -0.493 e. The molecule has 6 heteroatoms. The molecule has 1 N–H and O–H groups in total. The maximum atomic E-state index is 12.7. The molecule has 0 unspecified atom stereocenters. The number of carbonyl (C=O) groups excluding carboxylic acids is 1. The summed E-state index contributed by atoms with van der Waals surface area (Å²) in [5.74, 6) is 1.37. The van der Waals surface area contributed by atoms with Crippen LogP contribution >= 0.6 is 11.6 Å². The molecule has 1 aromatic heterocycles. The molecule has 0 saturated carbocycles. The van der Waals surface area contributed by atoms with Crippen LogP contribution < -0.4 is 10.1 Å². The fourth-order valence-electron chi connectivity index (χ4n) is 2.91. The molecule has 0 spiro atoms. The molecule has 5 nitrogen and oxygen atoms in total. The first-order chi connectivity index (χ1) is 14.5. The zero-order valence-corrected chi connectivity index (χ0v) is 17.4. The summed E-state index contributed by atoms with van der Waals surface area (Å²) in [5.41, 5.74) is 3.29. The molecule has 0 aliphatic rings. The van der Waals surface area contributed by atoms with Gasteiger partial charge in [-0.1, -0.05) is 31.5 Å². The van der Waals surface area contributed by atoms with Crippen molar-refractivity contribution in [2.45, 2.75) is 13.8 Å². The van der Waals surface area contributed by atoms with Crippen molar-refractivity contribution in [1.82, 2.24) is 4.98 Å². The average molecular weight is 421 g/mol. The highest BCUT2D eigenvalue weighted by molar-refractivity contribution is 6.30. The van der Waals surface area contributed by atoms with Crippen LogP contribution in [-0.2, 0) is 0 Å². The van der Waals surface area contributed by atoms with Crippen molar-refractivity contribution < 1.29 is 13.9 Å². The molecular formula is C24H21ClN2O3. The van der Waals surface area contributed by atoms with Crippen LogP contribution in [0.25, 0.3) is 22.6 Å². The Morgan fingerprint density at radius 1 is 1.10 bits per heavy atom. The number of nitrogens with zero attached hydrogens (tertiary/aromatic N) is 1. The number of hydrogen-bond donors (Lipinski definition) is 1. The number of halogens is 1. The first kappa shape index (κ1) is 20.0. The third-order valence-corrected chi connectivity index (χ3v) is 4.67. The van der Waals surface area contributed by atoms with Crippen LogP contribution in [0.1, 0.15) is 24.2 Å². The highest BCUT2D eigenvalue weighted by Gasteiger charge is 2.12. The molecule has 0 atom stereocenters. The molecule has 3 aromatic carbocycles. The van der Waals surface area contributed by atoms with Crippen LogP contribution in [-0.4, -0.2) is 17.5 Å². The number of rotatable bonds is 6. The van der Waals surface area contributed by atoms with E-state index in [2.05, 4.69) is 24.1 Å². The summed E-state index contributed by atoms with van der Waals surface area (Å²) in [6.45, 7) is 4.76. The second-order valence-corrected chi connectivity index (χ2v) is 7.83. The molecular weight excluding hydrogens is 400 g/mol. The van der Waals surface area contributed by atoms with Crippen molar-refractivity contribution >= 4 is 34.3 Å². The minimum absolute atomic E-state index is 0.217. The summed E-state index contributed by atoms with van der Waals surface area (Å²) in [6, 6.07) is 19.8. The number of fused-ring (bicyclic) bond motifs is 1. The lowest BCUT2D eigenvalue weighted by molar-refractivity contribution is 0.102. The number of aromatic nitrogens is 1. The molecule has 4 rings (SSSR count). The normalized spacial score (nSPS) is 11.1. The van der Waals surface area contributed by atoms with Crippen LogP contribution in [0.2, 0.25) is 5.02 Å². The highest BCUT2D eigenvalue weighted by atomic mass is 35.5. The summed E-state index contributed by atoms with van der Waals surface area (Å²) in [7, 11) is 0. The summed E-state index contributed by atoms with van der Waals surface area (Å²) in [4.78, 5) is 17.2. The van der Waals surface area contributed by atoms with Crippen molar-refractivity contribution in [2.24, 2.45) is 5.92 Å². The Bertz CT molecular complexity index is 1180. The number of ether oxygens (including phenoxy) is 1. The van der Waals surface area contributed by atoms with Crippen molar-refractivity contribution in [2.75, 3.05) is 11.9 Å². The number of anilines is 1. The van der Waals surface area contributed by atoms with Crippen LogP contribution in [0.15, 0.2) is 71.1 Å². The highest BCUT2D eigenvalue weighted by Crippen LogP contribution is 2.27. The number of amides is 1. The Morgan fingerprint density at radius 3 is 2.67 bits per heavy atom. The van der Waals surface area contributed by atoms with E-state index in [1.54, 1.807) is 42.5 Å². The predicted octanol–water partition coefficient (Wildman–Crippen LogP) is 6.44. The Morgan fingerprint density at radius 2 is 1.90 bits per heavy atom. The van der Waals surface area contributed by atoms with Crippen molar-refractivity contribution in [3.63, 3.8) is 0 Å². The molecule has 1 amide bonds. The van der Waals surface area contributed by atoms with Gasteiger partial charge < -0.3 is 14.5 Å². The summed E-state index contributed by atoms with van der Waals surface area (Å²) in [6.07, 6.45) is 0. The molecule has 152 valence electrons. The molecule has 0 fully saturated rings. The molecule has 0 aliphatic carbocycles. The standard InChI is InChI=1S/C24H21ClN2O3/c1-15(2)14-29-20-5-3-4-17(12-20)23(28)26-19-10-11-22-21(13-19)27-24(30-22)16-6-8-18(25)9-7-16/h3-13,15H,14H2,1-2H3,(H,26,28). The van der Waals surface area contributed by atoms with E-state index in [0.717, 1.165) is 5.56 Å². The summed E-state index contributed by atoms with van der Waals surface area (Å²) in [5, 5.41) is 3.56. The minimum atomic E-state index is -0.217. The Balaban J connectivity index is 1.52. The van der Waals surface area contributed by atoms with Gasteiger partial charge in [0.25, 0.3) is 5.91 Å². The molecule has 0 radical (unpaired) electrons. The van der Waals surface area contributed by atoms with Gasteiger partial charge in [-0.25, -0.2) is 4.98 Å². The van der Waals surface area contributed by atoms with Crippen molar-refractivity contribution in [1.29, 1.82) is 0 Å². The second kappa shape index (κ2) is 8.59. The van der Waals surface area contributed by atoms with Gasteiger partial charge in [-0.15, -0.1) is 0 Å². The lowest BCUT2D eigenvalue weighted by atomic mass is 10.2. The topological polar surface area (TPSA) is 64.4 Å². The zero-order chi connectivity index (χ0) is 21.1.